The minimum absolute atomic E-state index is 0.292. The van der Waals surface area contributed by atoms with E-state index >= 15 is 0 Å². The van der Waals surface area contributed by atoms with Gasteiger partial charge < -0.3 is 4.90 Å². The van der Waals surface area contributed by atoms with Crippen LogP contribution >= 0.6 is 11.3 Å². The van der Waals surface area contributed by atoms with Gasteiger partial charge in [0.25, 0.3) is 0 Å². The molecule has 3 rings (SSSR count). The fraction of sp³-hybridized carbons (Fsp3) is 0.533. The lowest BCUT2D eigenvalue weighted by Gasteiger charge is -2.35. The molecule has 136 valence electrons. The standard InChI is InChI=1S/C15H17F4N5S/c1-2-10-13(16)14(21-9-20-10)24-5-3-23(4-6-24)7-12-22-11(8-25-12)15(17,18)19/h8-9H,2-7H2,1H3. The zero-order chi connectivity index (χ0) is 18.0. The second kappa shape index (κ2) is 7.20. The molecule has 0 spiro atoms. The normalized spacial score (nSPS) is 16.4. The first-order chi connectivity index (χ1) is 11.9. The lowest BCUT2D eigenvalue weighted by atomic mass is 10.2. The molecule has 0 bridgehead atoms. The zero-order valence-electron chi connectivity index (χ0n) is 13.6. The van der Waals surface area contributed by atoms with E-state index in [-0.39, 0.29) is 0 Å². The van der Waals surface area contributed by atoms with E-state index in [2.05, 4.69) is 15.0 Å². The number of rotatable bonds is 4. The maximum absolute atomic E-state index is 14.3. The smallest absolute Gasteiger partial charge is 0.352 e. The summed E-state index contributed by atoms with van der Waals surface area (Å²) in [7, 11) is 0. The maximum Gasteiger partial charge on any atom is 0.434 e. The molecule has 25 heavy (non-hydrogen) atoms. The maximum atomic E-state index is 14.3. The number of alkyl halides is 3. The van der Waals surface area contributed by atoms with Crippen LogP contribution in [-0.2, 0) is 19.1 Å². The van der Waals surface area contributed by atoms with Crippen LogP contribution in [0.25, 0.3) is 0 Å². The predicted molar refractivity (Wildman–Crippen MR) is 86.0 cm³/mol. The van der Waals surface area contributed by atoms with E-state index in [1.165, 1.54) is 6.33 Å². The molecule has 0 aromatic carbocycles. The van der Waals surface area contributed by atoms with Crippen LogP contribution in [0.2, 0.25) is 0 Å². The van der Waals surface area contributed by atoms with Crippen LogP contribution in [0, 0.1) is 5.82 Å². The molecule has 0 radical (unpaired) electrons. The summed E-state index contributed by atoms with van der Waals surface area (Å²) in [5.74, 6) is -0.103. The van der Waals surface area contributed by atoms with Gasteiger partial charge in [-0.1, -0.05) is 6.92 Å². The summed E-state index contributed by atoms with van der Waals surface area (Å²) in [5, 5.41) is 1.47. The molecule has 1 aliphatic rings. The van der Waals surface area contributed by atoms with Crippen molar-refractivity contribution >= 4 is 17.2 Å². The number of aromatic nitrogens is 3. The second-order valence-electron chi connectivity index (χ2n) is 5.70. The molecule has 0 atom stereocenters. The highest BCUT2D eigenvalue weighted by molar-refractivity contribution is 7.09. The van der Waals surface area contributed by atoms with Crippen LogP contribution in [0.3, 0.4) is 0 Å². The minimum atomic E-state index is -4.41. The third-order valence-corrected chi connectivity index (χ3v) is 4.88. The highest BCUT2D eigenvalue weighted by atomic mass is 32.1. The molecule has 0 aliphatic carbocycles. The summed E-state index contributed by atoms with van der Waals surface area (Å²) < 4.78 is 52.1. The summed E-state index contributed by atoms with van der Waals surface area (Å²) >= 11 is 1.01. The molecular weight excluding hydrogens is 358 g/mol. The minimum Gasteiger partial charge on any atom is -0.352 e. The Balaban J connectivity index is 1.60. The molecule has 0 amide bonds. The fourth-order valence-corrected chi connectivity index (χ4v) is 3.53. The van der Waals surface area contributed by atoms with Gasteiger partial charge in [-0.2, -0.15) is 13.2 Å². The molecule has 1 fully saturated rings. The zero-order valence-corrected chi connectivity index (χ0v) is 14.4. The number of thiazole rings is 1. The van der Waals surface area contributed by atoms with Gasteiger partial charge in [-0.15, -0.1) is 11.3 Å². The molecule has 3 heterocycles. The van der Waals surface area contributed by atoms with Crippen LogP contribution in [0.15, 0.2) is 11.7 Å². The van der Waals surface area contributed by atoms with E-state index in [4.69, 9.17) is 0 Å². The third-order valence-electron chi connectivity index (χ3n) is 4.05. The van der Waals surface area contributed by atoms with E-state index in [0.29, 0.717) is 55.7 Å². The topological polar surface area (TPSA) is 45.2 Å². The molecule has 1 saturated heterocycles. The number of hydrogen-bond donors (Lipinski definition) is 0. The quantitative estimate of drug-likeness (QED) is 0.769. The molecule has 0 N–H and O–H groups in total. The van der Waals surface area contributed by atoms with Crippen molar-refractivity contribution in [3.05, 3.63) is 33.9 Å². The summed E-state index contributed by atoms with van der Waals surface area (Å²) in [4.78, 5) is 15.5. The second-order valence-corrected chi connectivity index (χ2v) is 6.64. The van der Waals surface area contributed by atoms with Gasteiger partial charge in [0.15, 0.2) is 17.3 Å². The number of anilines is 1. The monoisotopic (exact) mass is 375 g/mol. The van der Waals surface area contributed by atoms with Crippen LogP contribution in [0.5, 0.6) is 0 Å². The van der Waals surface area contributed by atoms with E-state index in [1.807, 2.05) is 16.7 Å². The predicted octanol–water partition coefficient (Wildman–Crippen LogP) is 2.98. The van der Waals surface area contributed by atoms with Gasteiger partial charge in [0.2, 0.25) is 0 Å². The van der Waals surface area contributed by atoms with Crippen molar-refractivity contribution in [2.75, 3.05) is 31.1 Å². The van der Waals surface area contributed by atoms with Gasteiger partial charge in [0.1, 0.15) is 11.3 Å². The molecule has 0 saturated carbocycles. The van der Waals surface area contributed by atoms with Crippen molar-refractivity contribution in [3.63, 3.8) is 0 Å². The lowest BCUT2D eigenvalue weighted by Crippen LogP contribution is -2.46. The van der Waals surface area contributed by atoms with Crippen molar-refractivity contribution < 1.29 is 17.6 Å². The Morgan fingerprint density at radius 1 is 1.16 bits per heavy atom. The summed E-state index contributed by atoms with van der Waals surface area (Å²) in [6.07, 6.45) is -2.56. The van der Waals surface area contributed by atoms with Gasteiger partial charge in [-0.05, 0) is 6.42 Å². The Labute approximate surface area is 146 Å². The molecule has 2 aromatic rings. The van der Waals surface area contributed by atoms with Crippen molar-refractivity contribution in [2.45, 2.75) is 26.1 Å². The first kappa shape index (κ1) is 18.0. The first-order valence-electron chi connectivity index (χ1n) is 7.86. The average Bonchev–Trinajstić information content (AvgIpc) is 3.05. The lowest BCUT2D eigenvalue weighted by molar-refractivity contribution is -0.140. The SMILES string of the molecule is CCc1ncnc(N2CCN(Cc3nc(C(F)(F)F)cs3)CC2)c1F. The van der Waals surface area contributed by atoms with E-state index < -0.39 is 17.7 Å². The number of halogens is 4. The van der Waals surface area contributed by atoms with Crippen molar-refractivity contribution in [1.29, 1.82) is 0 Å². The molecular formula is C15H17F4N5S. The van der Waals surface area contributed by atoms with Crippen LogP contribution in [-0.4, -0.2) is 46.0 Å². The van der Waals surface area contributed by atoms with Crippen molar-refractivity contribution in [2.24, 2.45) is 0 Å². The fourth-order valence-electron chi connectivity index (χ4n) is 2.69. The summed E-state index contributed by atoms with van der Waals surface area (Å²) in [5.41, 5.74) is -0.462. The highest BCUT2D eigenvalue weighted by Gasteiger charge is 2.34. The van der Waals surface area contributed by atoms with Gasteiger partial charge in [-0.3, -0.25) is 4.90 Å². The summed E-state index contributed by atoms with van der Waals surface area (Å²) in [6, 6.07) is 0. The molecule has 0 unspecified atom stereocenters. The number of nitrogens with zero attached hydrogens (tertiary/aromatic N) is 5. The molecule has 1 aliphatic heterocycles. The van der Waals surface area contributed by atoms with Crippen molar-refractivity contribution in [3.8, 4) is 0 Å². The molecule has 10 heteroatoms. The van der Waals surface area contributed by atoms with E-state index in [1.54, 1.807) is 0 Å². The van der Waals surface area contributed by atoms with Gasteiger partial charge in [0, 0.05) is 31.6 Å². The third kappa shape index (κ3) is 4.06. The van der Waals surface area contributed by atoms with E-state index in [0.717, 1.165) is 16.7 Å². The Morgan fingerprint density at radius 2 is 1.88 bits per heavy atom. The largest absolute Gasteiger partial charge is 0.434 e. The van der Waals surface area contributed by atoms with Gasteiger partial charge in [0.05, 0.1) is 12.2 Å². The Hall–Kier alpha value is -1.81. The number of aryl methyl sites for hydroxylation is 1. The Kier molecular flexibility index (Phi) is 5.19. The van der Waals surface area contributed by atoms with Crippen molar-refractivity contribution in [1.82, 2.24) is 19.9 Å². The molecule has 2 aromatic heterocycles. The first-order valence-corrected chi connectivity index (χ1v) is 8.74. The highest BCUT2D eigenvalue weighted by Crippen LogP contribution is 2.30. The van der Waals surface area contributed by atoms with Gasteiger partial charge in [-0.25, -0.2) is 19.3 Å². The number of piperazine rings is 1. The van der Waals surface area contributed by atoms with Crippen LogP contribution in [0.4, 0.5) is 23.4 Å². The molecule has 5 nitrogen and oxygen atoms in total. The van der Waals surface area contributed by atoms with Crippen LogP contribution in [0.1, 0.15) is 23.3 Å². The van der Waals surface area contributed by atoms with Gasteiger partial charge >= 0.3 is 6.18 Å². The Morgan fingerprint density at radius 3 is 2.48 bits per heavy atom. The number of hydrogen-bond acceptors (Lipinski definition) is 6. The summed E-state index contributed by atoms with van der Waals surface area (Å²) in [6.45, 7) is 4.50. The van der Waals surface area contributed by atoms with E-state index in [9.17, 15) is 17.6 Å². The Bertz CT molecular complexity index is 725. The van der Waals surface area contributed by atoms with Crippen LogP contribution < -0.4 is 4.90 Å². The average molecular weight is 375 g/mol.